The number of carbonyl (C=O) groups excluding carboxylic acids is 1. The molecule has 0 spiro atoms. The minimum Gasteiger partial charge on any atom is -0.459 e. The zero-order valence-electron chi connectivity index (χ0n) is 17.4. The molecular weight excluding hydrogens is 384 g/mol. The lowest BCUT2D eigenvalue weighted by Gasteiger charge is -2.13. The Kier molecular flexibility index (Phi) is 8.74. The minimum atomic E-state index is -0.268. The summed E-state index contributed by atoms with van der Waals surface area (Å²) in [5, 5.41) is 9.36. The molecular formula is C22H30N4O4. The Morgan fingerprint density at radius 3 is 2.80 bits per heavy atom. The van der Waals surface area contributed by atoms with Crippen molar-refractivity contribution >= 4 is 17.6 Å². The first kappa shape index (κ1) is 21.9. The van der Waals surface area contributed by atoms with E-state index < -0.39 is 0 Å². The van der Waals surface area contributed by atoms with Crippen molar-refractivity contribution in [2.45, 2.75) is 31.9 Å². The van der Waals surface area contributed by atoms with E-state index in [1.54, 1.807) is 19.2 Å². The van der Waals surface area contributed by atoms with Gasteiger partial charge in [-0.1, -0.05) is 12.1 Å². The van der Waals surface area contributed by atoms with Crippen LogP contribution in [-0.2, 0) is 16.0 Å². The van der Waals surface area contributed by atoms with Gasteiger partial charge in [0.15, 0.2) is 11.7 Å². The van der Waals surface area contributed by atoms with Crippen molar-refractivity contribution in [3.05, 3.63) is 54.0 Å². The molecule has 1 saturated heterocycles. The highest BCUT2D eigenvalue weighted by Crippen LogP contribution is 2.12. The van der Waals surface area contributed by atoms with Gasteiger partial charge < -0.3 is 29.8 Å². The summed E-state index contributed by atoms with van der Waals surface area (Å²) in [6.07, 6.45) is 4.89. The van der Waals surface area contributed by atoms with E-state index in [0.29, 0.717) is 25.4 Å². The molecule has 1 aromatic heterocycles. The Bertz CT molecular complexity index is 784. The number of hydrogen-bond acceptors (Lipinski definition) is 5. The van der Waals surface area contributed by atoms with Crippen LogP contribution in [0.2, 0.25) is 0 Å². The molecule has 0 radical (unpaired) electrons. The first-order chi connectivity index (χ1) is 14.7. The molecule has 3 N–H and O–H groups in total. The Labute approximate surface area is 177 Å². The second-order valence-electron chi connectivity index (χ2n) is 7.04. The Morgan fingerprint density at radius 2 is 2.10 bits per heavy atom. The summed E-state index contributed by atoms with van der Waals surface area (Å²) in [5.41, 5.74) is 1.79. The van der Waals surface area contributed by atoms with Crippen molar-refractivity contribution in [3.8, 4) is 0 Å². The minimum absolute atomic E-state index is 0.268. The van der Waals surface area contributed by atoms with Gasteiger partial charge in [0, 0.05) is 39.0 Å². The summed E-state index contributed by atoms with van der Waals surface area (Å²) in [5.74, 6) is 0.757. The number of guanidine groups is 1. The molecule has 1 amide bonds. The largest absolute Gasteiger partial charge is 0.459 e. The van der Waals surface area contributed by atoms with Gasteiger partial charge in [-0.15, -0.1) is 0 Å². The molecule has 2 heterocycles. The van der Waals surface area contributed by atoms with E-state index in [0.717, 1.165) is 43.9 Å². The van der Waals surface area contributed by atoms with E-state index in [2.05, 4.69) is 20.9 Å². The normalized spacial score (nSPS) is 16.4. The lowest BCUT2D eigenvalue weighted by Crippen LogP contribution is -2.37. The summed E-state index contributed by atoms with van der Waals surface area (Å²) >= 11 is 0. The van der Waals surface area contributed by atoms with Gasteiger partial charge >= 0.3 is 0 Å². The van der Waals surface area contributed by atoms with Crippen molar-refractivity contribution in [2.24, 2.45) is 4.99 Å². The first-order valence-corrected chi connectivity index (χ1v) is 10.3. The summed E-state index contributed by atoms with van der Waals surface area (Å²) in [7, 11) is 1.75. The number of hydrogen-bond donors (Lipinski definition) is 3. The van der Waals surface area contributed by atoms with E-state index in [1.165, 1.54) is 6.26 Å². The van der Waals surface area contributed by atoms with Crippen LogP contribution in [0, 0.1) is 0 Å². The maximum absolute atomic E-state index is 12.0. The second-order valence-corrected chi connectivity index (χ2v) is 7.04. The number of rotatable bonds is 10. The van der Waals surface area contributed by atoms with Crippen LogP contribution in [0.4, 0.5) is 5.69 Å². The number of benzene rings is 1. The molecule has 2 aromatic rings. The van der Waals surface area contributed by atoms with Crippen LogP contribution < -0.4 is 16.0 Å². The molecule has 0 saturated carbocycles. The smallest absolute Gasteiger partial charge is 0.291 e. The van der Waals surface area contributed by atoms with E-state index >= 15 is 0 Å². The third kappa shape index (κ3) is 7.20. The highest BCUT2D eigenvalue weighted by Gasteiger charge is 2.14. The number of anilines is 1. The van der Waals surface area contributed by atoms with Gasteiger partial charge in [-0.2, -0.15) is 0 Å². The van der Waals surface area contributed by atoms with Gasteiger partial charge in [0.25, 0.3) is 5.91 Å². The standard InChI is InChI=1S/C22H30N4O4/c1-23-22(24-11-4-12-28-16-19-5-2-13-29-19)25-15-17-7-9-18(10-8-17)26-21(27)20-6-3-14-30-20/h3,6-10,14,19H,2,4-5,11-13,15-16H2,1H3,(H,26,27)(H2,23,24,25). The molecule has 1 aliphatic rings. The van der Waals surface area contributed by atoms with Crippen LogP contribution in [-0.4, -0.2) is 51.4 Å². The molecule has 8 heteroatoms. The second kappa shape index (κ2) is 12.0. The zero-order chi connectivity index (χ0) is 21.0. The Balaban J connectivity index is 1.30. The van der Waals surface area contributed by atoms with Crippen LogP contribution in [0.1, 0.15) is 35.4 Å². The average molecular weight is 415 g/mol. The molecule has 1 atom stereocenters. The highest BCUT2D eigenvalue weighted by atomic mass is 16.5. The first-order valence-electron chi connectivity index (χ1n) is 10.3. The number of ether oxygens (including phenoxy) is 2. The molecule has 1 aromatic carbocycles. The molecule has 0 aliphatic carbocycles. The zero-order valence-corrected chi connectivity index (χ0v) is 17.4. The molecule has 0 bridgehead atoms. The lowest BCUT2D eigenvalue weighted by atomic mass is 10.2. The summed E-state index contributed by atoms with van der Waals surface area (Å²) in [6, 6.07) is 10.9. The predicted octanol–water partition coefficient (Wildman–Crippen LogP) is 2.78. The van der Waals surface area contributed by atoms with Crippen molar-refractivity contribution in [1.29, 1.82) is 0 Å². The van der Waals surface area contributed by atoms with Crippen molar-refractivity contribution in [3.63, 3.8) is 0 Å². The molecule has 3 rings (SSSR count). The molecule has 1 aliphatic heterocycles. The van der Waals surface area contributed by atoms with Crippen LogP contribution in [0.15, 0.2) is 52.1 Å². The molecule has 8 nitrogen and oxygen atoms in total. The van der Waals surface area contributed by atoms with Crippen molar-refractivity contribution in [1.82, 2.24) is 10.6 Å². The summed E-state index contributed by atoms with van der Waals surface area (Å²) < 4.78 is 16.3. The number of aliphatic imine (C=N–C) groups is 1. The number of carbonyl (C=O) groups is 1. The number of nitrogens with zero attached hydrogens (tertiary/aromatic N) is 1. The van der Waals surface area contributed by atoms with Crippen LogP contribution in [0.5, 0.6) is 0 Å². The van der Waals surface area contributed by atoms with E-state index in [1.807, 2.05) is 24.3 Å². The van der Waals surface area contributed by atoms with Crippen molar-refractivity contribution in [2.75, 3.05) is 38.7 Å². The highest BCUT2D eigenvalue weighted by molar-refractivity contribution is 6.02. The fourth-order valence-corrected chi connectivity index (χ4v) is 3.08. The fraction of sp³-hybridized carbons (Fsp3) is 0.455. The number of nitrogens with one attached hydrogen (secondary N) is 3. The van der Waals surface area contributed by atoms with Crippen LogP contribution >= 0.6 is 0 Å². The van der Waals surface area contributed by atoms with Gasteiger partial charge in [-0.25, -0.2) is 0 Å². The molecule has 1 fully saturated rings. The van der Waals surface area contributed by atoms with Gasteiger partial charge in [-0.3, -0.25) is 9.79 Å². The SMILES string of the molecule is CN=C(NCCCOCC1CCCO1)NCc1ccc(NC(=O)c2ccco2)cc1. The average Bonchev–Trinajstić information content (AvgIpc) is 3.48. The van der Waals surface area contributed by atoms with Crippen LogP contribution in [0.25, 0.3) is 0 Å². The lowest BCUT2D eigenvalue weighted by molar-refractivity contribution is 0.0168. The Morgan fingerprint density at radius 1 is 1.23 bits per heavy atom. The molecule has 162 valence electrons. The third-order valence-corrected chi connectivity index (χ3v) is 4.73. The van der Waals surface area contributed by atoms with Crippen LogP contribution in [0.3, 0.4) is 0 Å². The van der Waals surface area contributed by atoms with Gasteiger partial charge in [0.2, 0.25) is 0 Å². The van der Waals surface area contributed by atoms with Gasteiger partial charge in [0.05, 0.1) is 19.0 Å². The van der Waals surface area contributed by atoms with E-state index in [4.69, 9.17) is 13.9 Å². The molecule has 1 unspecified atom stereocenters. The van der Waals surface area contributed by atoms with Gasteiger partial charge in [-0.05, 0) is 49.1 Å². The maximum atomic E-state index is 12.0. The topological polar surface area (TPSA) is 97.1 Å². The Hall–Kier alpha value is -2.84. The number of furan rings is 1. The fourth-order valence-electron chi connectivity index (χ4n) is 3.08. The monoisotopic (exact) mass is 414 g/mol. The summed E-state index contributed by atoms with van der Waals surface area (Å²) in [6.45, 7) is 3.66. The van der Waals surface area contributed by atoms with Crippen molar-refractivity contribution < 1.29 is 18.7 Å². The predicted molar refractivity (Wildman–Crippen MR) is 116 cm³/mol. The number of amides is 1. The van der Waals surface area contributed by atoms with E-state index in [9.17, 15) is 4.79 Å². The molecule has 30 heavy (non-hydrogen) atoms. The third-order valence-electron chi connectivity index (χ3n) is 4.73. The van der Waals surface area contributed by atoms with Gasteiger partial charge in [0.1, 0.15) is 0 Å². The summed E-state index contributed by atoms with van der Waals surface area (Å²) in [4.78, 5) is 16.2. The quantitative estimate of drug-likeness (QED) is 0.314. The van der Waals surface area contributed by atoms with E-state index in [-0.39, 0.29) is 17.8 Å². The maximum Gasteiger partial charge on any atom is 0.291 e.